The molecule has 1 aliphatic heterocycles. The van der Waals surface area contributed by atoms with Gasteiger partial charge in [-0.2, -0.15) is 4.31 Å². The zero-order valence-corrected chi connectivity index (χ0v) is 16.8. The van der Waals surface area contributed by atoms with E-state index < -0.39 is 15.8 Å². The van der Waals surface area contributed by atoms with Gasteiger partial charge in [-0.25, -0.2) is 12.8 Å². The van der Waals surface area contributed by atoms with Crippen molar-refractivity contribution in [2.24, 2.45) is 0 Å². The highest BCUT2D eigenvalue weighted by Crippen LogP contribution is 2.19. The van der Waals surface area contributed by atoms with Crippen LogP contribution in [0, 0.1) is 5.82 Å². The van der Waals surface area contributed by atoms with Gasteiger partial charge in [0.1, 0.15) is 5.82 Å². The summed E-state index contributed by atoms with van der Waals surface area (Å²) in [7, 11) is -3.55. The molecule has 0 atom stereocenters. The van der Waals surface area contributed by atoms with Crippen LogP contribution in [0.5, 0.6) is 0 Å². The van der Waals surface area contributed by atoms with Gasteiger partial charge in [-0.3, -0.25) is 4.79 Å². The van der Waals surface area contributed by atoms with Crippen LogP contribution in [0.3, 0.4) is 0 Å². The first kappa shape index (κ1) is 19.7. The summed E-state index contributed by atoms with van der Waals surface area (Å²) in [5.41, 5.74) is 0.308. The fraction of sp³-hybridized carbons (Fsp3) is 0.211. The van der Waals surface area contributed by atoms with Crippen LogP contribution in [0.4, 0.5) is 4.39 Å². The number of carbonyl (C=O) groups excluding carboxylic acids is 1. The number of halogens is 2. The molecule has 5 nitrogen and oxygen atoms in total. The minimum absolute atomic E-state index is 0.224. The molecule has 0 bridgehead atoms. The monoisotopic (exact) mass is 452 g/mol. The first-order chi connectivity index (χ1) is 12.9. The van der Waals surface area contributed by atoms with Crippen molar-refractivity contribution in [2.75, 3.05) is 26.2 Å². The van der Waals surface area contributed by atoms with Gasteiger partial charge < -0.3 is 4.90 Å². The SMILES string of the molecule is O=C(/C=C/c1cc(Br)ccc1F)N1CCN(S(=O)(=O)c2ccccc2)CC1. The first-order valence-electron chi connectivity index (χ1n) is 8.35. The Bertz CT molecular complexity index is 956. The fourth-order valence-electron chi connectivity index (χ4n) is 2.80. The van der Waals surface area contributed by atoms with E-state index in [9.17, 15) is 17.6 Å². The van der Waals surface area contributed by atoms with E-state index in [1.165, 1.54) is 22.5 Å². The topological polar surface area (TPSA) is 57.7 Å². The van der Waals surface area contributed by atoms with Crippen molar-refractivity contribution in [1.29, 1.82) is 0 Å². The predicted molar refractivity (Wildman–Crippen MR) is 105 cm³/mol. The van der Waals surface area contributed by atoms with Gasteiger partial charge in [0.15, 0.2) is 0 Å². The van der Waals surface area contributed by atoms with Crippen LogP contribution in [0.25, 0.3) is 6.08 Å². The average molecular weight is 453 g/mol. The Kier molecular flexibility index (Phi) is 6.08. The Morgan fingerprint density at radius 3 is 2.37 bits per heavy atom. The Morgan fingerprint density at radius 2 is 1.70 bits per heavy atom. The molecule has 0 spiro atoms. The Hall–Kier alpha value is -2.03. The minimum Gasteiger partial charge on any atom is -0.337 e. The highest BCUT2D eigenvalue weighted by atomic mass is 79.9. The number of hydrogen-bond acceptors (Lipinski definition) is 3. The molecule has 27 heavy (non-hydrogen) atoms. The Morgan fingerprint density at radius 1 is 1.04 bits per heavy atom. The van der Waals surface area contributed by atoms with E-state index in [1.807, 2.05) is 0 Å². The molecule has 1 amide bonds. The van der Waals surface area contributed by atoms with Crippen LogP contribution in [0.1, 0.15) is 5.56 Å². The molecule has 0 aliphatic carbocycles. The second-order valence-corrected chi connectivity index (χ2v) is 8.90. The van der Waals surface area contributed by atoms with Crippen LogP contribution < -0.4 is 0 Å². The maximum atomic E-state index is 13.7. The van der Waals surface area contributed by atoms with E-state index in [1.54, 1.807) is 47.4 Å². The summed E-state index contributed by atoms with van der Waals surface area (Å²) in [5, 5.41) is 0. The zero-order chi connectivity index (χ0) is 19.4. The highest BCUT2D eigenvalue weighted by molar-refractivity contribution is 9.10. The van der Waals surface area contributed by atoms with Gasteiger partial charge in [0, 0.05) is 42.3 Å². The van der Waals surface area contributed by atoms with Gasteiger partial charge >= 0.3 is 0 Å². The molecule has 8 heteroatoms. The summed E-state index contributed by atoms with van der Waals surface area (Å²) in [4.78, 5) is 14.1. The fourth-order valence-corrected chi connectivity index (χ4v) is 4.62. The van der Waals surface area contributed by atoms with E-state index in [0.29, 0.717) is 5.56 Å². The Balaban J connectivity index is 1.63. The van der Waals surface area contributed by atoms with Crippen LogP contribution in [0.2, 0.25) is 0 Å². The highest BCUT2D eigenvalue weighted by Gasteiger charge is 2.29. The maximum Gasteiger partial charge on any atom is 0.246 e. The number of sulfonamides is 1. The molecule has 0 saturated carbocycles. The number of hydrogen-bond donors (Lipinski definition) is 0. The van der Waals surface area contributed by atoms with E-state index in [2.05, 4.69) is 15.9 Å². The van der Waals surface area contributed by atoms with Gasteiger partial charge in [-0.1, -0.05) is 34.1 Å². The molecule has 3 rings (SSSR count). The summed E-state index contributed by atoms with van der Waals surface area (Å²) < 4.78 is 41.0. The predicted octanol–water partition coefficient (Wildman–Crippen LogP) is 3.13. The average Bonchev–Trinajstić information content (AvgIpc) is 2.69. The van der Waals surface area contributed by atoms with Gasteiger partial charge in [0.25, 0.3) is 0 Å². The summed E-state index contributed by atoms with van der Waals surface area (Å²) in [6.45, 7) is 1.02. The van der Waals surface area contributed by atoms with Crippen molar-refractivity contribution in [3.05, 3.63) is 70.5 Å². The largest absolute Gasteiger partial charge is 0.337 e. The number of carbonyl (C=O) groups is 1. The van der Waals surface area contributed by atoms with Gasteiger partial charge in [0.05, 0.1) is 4.90 Å². The van der Waals surface area contributed by atoms with Gasteiger partial charge in [-0.05, 0) is 36.4 Å². The standard InChI is InChI=1S/C19H18BrFN2O3S/c20-16-7-8-18(21)15(14-16)6-9-19(24)22-10-12-23(13-11-22)27(25,26)17-4-2-1-3-5-17/h1-9,14H,10-13H2/b9-6+. The molecule has 2 aromatic carbocycles. The van der Waals surface area contributed by atoms with E-state index in [-0.39, 0.29) is 37.0 Å². The number of amides is 1. The Labute approximate surface area is 166 Å². The van der Waals surface area contributed by atoms with Crippen LogP contribution >= 0.6 is 15.9 Å². The number of piperazine rings is 1. The second kappa shape index (κ2) is 8.33. The van der Waals surface area contributed by atoms with E-state index in [0.717, 1.165) is 4.47 Å². The lowest BCUT2D eigenvalue weighted by atomic mass is 10.2. The molecule has 1 fully saturated rings. The molecular formula is C19H18BrFN2O3S. The molecule has 1 heterocycles. The van der Waals surface area contributed by atoms with Gasteiger partial charge in [-0.15, -0.1) is 0 Å². The second-order valence-electron chi connectivity index (χ2n) is 6.04. The molecule has 0 aromatic heterocycles. The number of nitrogens with zero attached hydrogens (tertiary/aromatic N) is 2. The third kappa shape index (κ3) is 4.63. The summed E-state index contributed by atoms with van der Waals surface area (Å²) in [6, 6.07) is 12.7. The summed E-state index contributed by atoms with van der Waals surface area (Å²) >= 11 is 3.27. The van der Waals surface area contributed by atoms with Crippen LogP contribution in [-0.4, -0.2) is 49.7 Å². The molecule has 1 aliphatic rings. The van der Waals surface area contributed by atoms with Crippen molar-refractivity contribution in [1.82, 2.24) is 9.21 Å². The smallest absolute Gasteiger partial charge is 0.246 e. The first-order valence-corrected chi connectivity index (χ1v) is 10.6. The van der Waals surface area contributed by atoms with Crippen molar-refractivity contribution >= 4 is 37.9 Å². The van der Waals surface area contributed by atoms with E-state index >= 15 is 0 Å². The quantitative estimate of drug-likeness (QED) is 0.669. The third-order valence-electron chi connectivity index (χ3n) is 4.29. The molecule has 0 N–H and O–H groups in total. The molecular weight excluding hydrogens is 435 g/mol. The van der Waals surface area contributed by atoms with Crippen molar-refractivity contribution in [3.8, 4) is 0 Å². The van der Waals surface area contributed by atoms with Crippen LogP contribution in [-0.2, 0) is 14.8 Å². The lowest BCUT2D eigenvalue weighted by Gasteiger charge is -2.33. The number of rotatable bonds is 4. The normalized spacial score (nSPS) is 16.0. The third-order valence-corrected chi connectivity index (χ3v) is 6.70. The van der Waals surface area contributed by atoms with Gasteiger partial charge in [0.2, 0.25) is 15.9 Å². The molecule has 0 unspecified atom stereocenters. The maximum absolute atomic E-state index is 13.7. The summed E-state index contributed by atoms with van der Waals surface area (Å²) in [6.07, 6.45) is 2.74. The molecule has 142 valence electrons. The molecule has 0 radical (unpaired) electrons. The number of benzene rings is 2. The molecule has 1 saturated heterocycles. The minimum atomic E-state index is -3.55. The zero-order valence-electron chi connectivity index (χ0n) is 14.4. The molecule has 2 aromatic rings. The van der Waals surface area contributed by atoms with Crippen LogP contribution in [0.15, 0.2) is 64.0 Å². The summed E-state index contributed by atoms with van der Waals surface area (Å²) in [5.74, 6) is -0.688. The van der Waals surface area contributed by atoms with Crippen molar-refractivity contribution in [2.45, 2.75) is 4.90 Å². The van der Waals surface area contributed by atoms with Crippen molar-refractivity contribution in [3.63, 3.8) is 0 Å². The lowest BCUT2D eigenvalue weighted by Crippen LogP contribution is -2.50. The van der Waals surface area contributed by atoms with Crippen molar-refractivity contribution < 1.29 is 17.6 Å². The van der Waals surface area contributed by atoms with E-state index in [4.69, 9.17) is 0 Å². The lowest BCUT2D eigenvalue weighted by molar-refractivity contribution is -0.127.